The molecule has 1 fully saturated rings. The number of aliphatic hydroxyl groups is 3. The number of aromatic carboxylic acids is 1. The van der Waals surface area contributed by atoms with Gasteiger partial charge in [-0.1, -0.05) is 11.6 Å². The fraction of sp³-hybridized carbons (Fsp3) is 0.533. The van der Waals surface area contributed by atoms with E-state index in [0.717, 1.165) is 12.1 Å². The summed E-state index contributed by atoms with van der Waals surface area (Å²) in [4.78, 5) is 10.6. The van der Waals surface area contributed by atoms with E-state index in [1.807, 2.05) is 0 Å². The van der Waals surface area contributed by atoms with E-state index in [1.165, 1.54) is 14.2 Å². The van der Waals surface area contributed by atoms with Gasteiger partial charge in [-0.25, -0.2) is 4.79 Å². The van der Waals surface area contributed by atoms with Crippen LogP contribution in [0.1, 0.15) is 16.8 Å². The lowest BCUT2D eigenvalue weighted by molar-refractivity contribution is -0.248. The van der Waals surface area contributed by atoms with Crippen molar-refractivity contribution in [1.82, 2.24) is 0 Å². The Labute approximate surface area is 148 Å². The molecule has 0 amide bonds. The maximum Gasteiger partial charge on any atom is 0.339 e. The van der Waals surface area contributed by atoms with Crippen LogP contribution in [0.3, 0.4) is 0 Å². The zero-order valence-electron chi connectivity index (χ0n) is 13.6. The molecule has 10 heteroatoms. The van der Waals surface area contributed by atoms with Gasteiger partial charge >= 0.3 is 5.97 Å². The van der Waals surface area contributed by atoms with Gasteiger partial charge in [0.05, 0.1) is 24.8 Å². The Morgan fingerprint density at radius 2 is 2.00 bits per heavy atom. The van der Waals surface area contributed by atoms with Crippen LogP contribution in [-0.2, 0) is 9.47 Å². The molecule has 1 saturated heterocycles. The van der Waals surface area contributed by atoms with Gasteiger partial charge < -0.3 is 39.7 Å². The van der Waals surface area contributed by atoms with E-state index >= 15 is 0 Å². The molecule has 9 nitrogen and oxygen atoms in total. The average molecular weight is 381 g/mol. The lowest BCUT2D eigenvalue weighted by atomic mass is 10.0. The number of rotatable bonds is 4. The topological polar surface area (TPSA) is 146 Å². The molecule has 5 N–H and O–H groups in total. The van der Waals surface area contributed by atoms with Crippen molar-refractivity contribution in [1.29, 1.82) is 0 Å². The minimum atomic E-state index is -1.15. The molecule has 2 rings (SSSR count). The number of aliphatic hydroxyl groups excluding tert-OH is 3. The van der Waals surface area contributed by atoms with Crippen molar-refractivity contribution in [2.75, 3.05) is 20.8 Å². The number of carboxylic acids is 1. The van der Waals surface area contributed by atoms with Gasteiger partial charge in [-0.2, -0.15) is 0 Å². The van der Waals surface area contributed by atoms with Crippen molar-refractivity contribution < 1.29 is 44.5 Å². The average Bonchev–Trinajstić information content (AvgIpc) is 2.59. The highest BCUT2D eigenvalue weighted by Crippen LogP contribution is 2.31. The molecular weight excluding hydrogens is 360 g/mol. The summed E-state index contributed by atoms with van der Waals surface area (Å²) in [5, 5.41) is 45.1. The van der Waals surface area contributed by atoms with Gasteiger partial charge in [0, 0.05) is 19.6 Å². The Kier molecular flexibility index (Phi) is 8.36. The third kappa shape index (κ3) is 5.70. The fourth-order valence-corrected chi connectivity index (χ4v) is 2.26. The van der Waals surface area contributed by atoms with Crippen molar-refractivity contribution in [3.8, 4) is 11.5 Å². The number of methoxy groups -OCH3 is 2. The smallest absolute Gasteiger partial charge is 0.339 e. The van der Waals surface area contributed by atoms with E-state index in [-0.39, 0.29) is 35.1 Å². The molecule has 1 aliphatic rings. The molecule has 0 saturated carbocycles. The summed E-state index contributed by atoms with van der Waals surface area (Å²) in [5.74, 6) is -1.28. The van der Waals surface area contributed by atoms with E-state index in [2.05, 4.69) is 0 Å². The number of hydrogen-bond acceptors (Lipinski definition) is 8. The van der Waals surface area contributed by atoms with Crippen LogP contribution in [0.25, 0.3) is 0 Å². The largest absolute Gasteiger partial charge is 0.506 e. The van der Waals surface area contributed by atoms with Gasteiger partial charge in [0.1, 0.15) is 29.3 Å². The number of hydrogen-bond donors (Lipinski definition) is 5. The lowest BCUT2D eigenvalue weighted by Gasteiger charge is -2.35. The zero-order chi connectivity index (χ0) is 19.1. The minimum Gasteiger partial charge on any atom is -0.506 e. The summed E-state index contributed by atoms with van der Waals surface area (Å²) in [6.45, 7) is -0.321. The second-order valence-corrected chi connectivity index (χ2v) is 5.53. The molecule has 1 aliphatic heterocycles. The minimum absolute atomic E-state index is 0.0156. The SMILES string of the molecule is CO[C@@H]1CC(O)[C@H](O)C(CO)O1.COc1cc(O)c(Cl)cc1C(=O)O. The number of carboxylic acid groups (broad SMARTS) is 1. The number of phenolic OH excluding ortho intramolecular Hbond substituents is 1. The number of carbonyl (C=O) groups is 1. The van der Waals surface area contributed by atoms with Gasteiger partial charge in [0.25, 0.3) is 0 Å². The predicted octanol–water partition coefficient (Wildman–Crippen LogP) is 0.214. The first kappa shape index (κ1) is 21.4. The first-order chi connectivity index (χ1) is 11.7. The molecule has 1 aromatic rings. The van der Waals surface area contributed by atoms with E-state index in [4.69, 9.17) is 41.1 Å². The van der Waals surface area contributed by atoms with Crippen LogP contribution in [0.5, 0.6) is 11.5 Å². The summed E-state index contributed by atoms with van der Waals surface area (Å²) < 4.78 is 14.7. The summed E-state index contributed by atoms with van der Waals surface area (Å²) in [6.07, 6.45) is -2.98. The maximum absolute atomic E-state index is 10.6. The molecule has 0 radical (unpaired) electrons. The monoisotopic (exact) mass is 380 g/mol. The Bertz CT molecular complexity index is 580. The zero-order valence-corrected chi connectivity index (χ0v) is 14.4. The number of phenols is 1. The Morgan fingerprint density at radius 1 is 1.36 bits per heavy atom. The Balaban J connectivity index is 0.000000251. The van der Waals surface area contributed by atoms with Crippen LogP contribution in [0.15, 0.2) is 12.1 Å². The van der Waals surface area contributed by atoms with Crippen LogP contribution >= 0.6 is 11.6 Å². The molecule has 0 bridgehead atoms. The van der Waals surface area contributed by atoms with Crippen LogP contribution in [0.2, 0.25) is 5.02 Å². The quantitative estimate of drug-likeness (QED) is 0.494. The first-order valence-electron chi connectivity index (χ1n) is 7.20. The van der Waals surface area contributed by atoms with E-state index in [9.17, 15) is 15.0 Å². The summed E-state index contributed by atoms with van der Waals surface area (Å²) in [5.41, 5.74) is -0.0784. The highest BCUT2D eigenvalue weighted by molar-refractivity contribution is 6.32. The van der Waals surface area contributed by atoms with Gasteiger partial charge in [0.15, 0.2) is 6.29 Å². The fourth-order valence-electron chi connectivity index (χ4n) is 2.10. The van der Waals surface area contributed by atoms with Crippen LogP contribution < -0.4 is 4.74 Å². The van der Waals surface area contributed by atoms with Crippen molar-refractivity contribution in [3.63, 3.8) is 0 Å². The summed E-state index contributed by atoms with van der Waals surface area (Å²) >= 11 is 5.52. The molecule has 0 aliphatic carbocycles. The molecule has 1 heterocycles. The third-order valence-electron chi connectivity index (χ3n) is 3.48. The van der Waals surface area contributed by atoms with Gasteiger partial charge in [0.2, 0.25) is 0 Å². The standard InChI is InChI=1S/C8H7ClO4.C7H14O5/c1-13-7-3-6(10)5(9)2-4(7)8(11)12;1-11-6-2-4(9)7(10)5(3-8)12-6/h2-3,10H,1H3,(H,11,12);4-10H,2-3H2,1H3/t;4?,5?,6-,7-/m.0/s1. The molecule has 0 aromatic heterocycles. The molecular formula is C15H21ClO9. The van der Waals surface area contributed by atoms with Crippen molar-refractivity contribution >= 4 is 17.6 Å². The molecule has 25 heavy (non-hydrogen) atoms. The molecule has 2 unspecified atom stereocenters. The predicted molar refractivity (Wildman–Crippen MR) is 86.0 cm³/mol. The molecule has 0 spiro atoms. The molecule has 4 atom stereocenters. The van der Waals surface area contributed by atoms with Gasteiger partial charge in [-0.3, -0.25) is 0 Å². The van der Waals surface area contributed by atoms with Crippen molar-refractivity contribution in [2.24, 2.45) is 0 Å². The third-order valence-corrected chi connectivity index (χ3v) is 3.78. The van der Waals surface area contributed by atoms with Gasteiger partial charge in [-0.05, 0) is 6.07 Å². The highest BCUT2D eigenvalue weighted by atomic mass is 35.5. The Morgan fingerprint density at radius 3 is 2.48 bits per heavy atom. The van der Waals surface area contributed by atoms with E-state index < -0.39 is 30.6 Å². The van der Waals surface area contributed by atoms with E-state index in [0.29, 0.717) is 0 Å². The second-order valence-electron chi connectivity index (χ2n) is 5.13. The highest BCUT2D eigenvalue weighted by Gasteiger charge is 2.36. The molecule has 1 aromatic carbocycles. The number of aromatic hydroxyl groups is 1. The lowest BCUT2D eigenvalue weighted by Crippen LogP contribution is -2.50. The normalized spacial score (nSPS) is 25.7. The van der Waals surface area contributed by atoms with Crippen molar-refractivity contribution in [3.05, 3.63) is 22.7 Å². The summed E-state index contributed by atoms with van der Waals surface area (Å²) in [7, 11) is 2.76. The number of halogens is 1. The van der Waals surface area contributed by atoms with E-state index in [1.54, 1.807) is 0 Å². The number of ether oxygens (including phenoxy) is 3. The summed E-state index contributed by atoms with van der Waals surface area (Å²) in [6, 6.07) is 2.30. The van der Waals surface area contributed by atoms with Crippen LogP contribution in [0, 0.1) is 0 Å². The van der Waals surface area contributed by atoms with Crippen LogP contribution in [-0.4, -0.2) is 76.9 Å². The molecule has 142 valence electrons. The van der Waals surface area contributed by atoms with Gasteiger partial charge in [-0.15, -0.1) is 0 Å². The first-order valence-corrected chi connectivity index (χ1v) is 7.57. The number of benzene rings is 1. The van der Waals surface area contributed by atoms with Crippen molar-refractivity contribution in [2.45, 2.75) is 31.0 Å². The maximum atomic E-state index is 10.6. The second kappa shape index (κ2) is 9.76. The van der Waals surface area contributed by atoms with Crippen LogP contribution in [0.4, 0.5) is 0 Å². The Hall–Kier alpha value is -1.62.